The van der Waals surface area contributed by atoms with Gasteiger partial charge in [0, 0.05) is 27.1 Å². The van der Waals surface area contributed by atoms with Crippen LogP contribution >= 0.6 is 15.9 Å². The molecule has 1 atom stereocenters. The zero-order valence-electron chi connectivity index (χ0n) is 9.61. The normalized spacial score (nSPS) is 20.2. The van der Waals surface area contributed by atoms with E-state index in [0.717, 1.165) is 15.4 Å². The first-order chi connectivity index (χ1) is 8.75. The molecule has 18 heavy (non-hydrogen) atoms. The molecular weight excluding hydrogens is 298 g/mol. The van der Waals surface area contributed by atoms with Gasteiger partial charge in [-0.2, -0.15) is 0 Å². The van der Waals surface area contributed by atoms with Gasteiger partial charge in [0.15, 0.2) is 5.78 Å². The third kappa shape index (κ3) is 2.09. The van der Waals surface area contributed by atoms with E-state index in [1.165, 1.54) is 0 Å². The molecule has 1 aliphatic rings. The number of ether oxygens (including phenoxy) is 2. The highest BCUT2D eigenvalue weighted by atomic mass is 79.9. The quantitative estimate of drug-likeness (QED) is 0.867. The molecule has 1 aromatic carbocycles. The number of benzene rings is 1. The van der Waals surface area contributed by atoms with E-state index in [9.17, 15) is 4.79 Å². The minimum Gasteiger partial charge on any atom is -0.376 e. The number of hydrogen-bond donors (Lipinski definition) is 1. The van der Waals surface area contributed by atoms with Gasteiger partial charge in [-0.05, 0) is 12.1 Å². The summed E-state index contributed by atoms with van der Waals surface area (Å²) in [5.74, 6) is -0.0247. The van der Waals surface area contributed by atoms with Crippen LogP contribution in [0.15, 0.2) is 28.9 Å². The zero-order valence-corrected chi connectivity index (χ0v) is 11.2. The molecule has 1 unspecified atom stereocenters. The molecule has 0 amide bonds. The maximum absolute atomic E-state index is 12.3. The molecule has 0 aliphatic carbocycles. The molecule has 0 bridgehead atoms. The molecule has 94 valence electrons. The molecule has 0 radical (unpaired) electrons. The number of aromatic amines is 1. The summed E-state index contributed by atoms with van der Waals surface area (Å²) in [4.78, 5) is 15.4. The van der Waals surface area contributed by atoms with Gasteiger partial charge in [0.1, 0.15) is 6.10 Å². The summed E-state index contributed by atoms with van der Waals surface area (Å²) in [7, 11) is 0. The van der Waals surface area contributed by atoms with Crippen molar-refractivity contribution in [1.29, 1.82) is 0 Å². The molecule has 2 heterocycles. The summed E-state index contributed by atoms with van der Waals surface area (Å²) >= 11 is 3.41. The van der Waals surface area contributed by atoms with Gasteiger partial charge < -0.3 is 14.5 Å². The van der Waals surface area contributed by atoms with Crippen LogP contribution in [0.5, 0.6) is 0 Å². The van der Waals surface area contributed by atoms with Crippen molar-refractivity contribution in [1.82, 2.24) is 4.98 Å². The Labute approximate surface area is 112 Å². The highest BCUT2D eigenvalue weighted by Gasteiger charge is 2.25. The first-order valence-corrected chi connectivity index (χ1v) is 6.55. The van der Waals surface area contributed by atoms with E-state index in [2.05, 4.69) is 20.9 Å². The lowest BCUT2D eigenvalue weighted by atomic mass is 10.1. The van der Waals surface area contributed by atoms with E-state index in [0.29, 0.717) is 25.4 Å². The van der Waals surface area contributed by atoms with Gasteiger partial charge in [-0.25, -0.2) is 0 Å². The van der Waals surface area contributed by atoms with E-state index in [1.807, 2.05) is 18.2 Å². The monoisotopic (exact) mass is 309 g/mol. The fourth-order valence-electron chi connectivity index (χ4n) is 2.11. The van der Waals surface area contributed by atoms with Crippen molar-refractivity contribution in [3.05, 3.63) is 34.4 Å². The number of aromatic nitrogens is 1. The van der Waals surface area contributed by atoms with Crippen molar-refractivity contribution in [2.45, 2.75) is 6.10 Å². The molecule has 5 heteroatoms. The van der Waals surface area contributed by atoms with Crippen LogP contribution in [0.25, 0.3) is 10.9 Å². The number of nitrogens with one attached hydrogen (secondary N) is 1. The maximum Gasteiger partial charge on any atom is 0.196 e. The topological polar surface area (TPSA) is 51.3 Å². The third-order valence-electron chi connectivity index (χ3n) is 3.02. The van der Waals surface area contributed by atoms with Gasteiger partial charge in [0.25, 0.3) is 0 Å². The van der Waals surface area contributed by atoms with Crippen molar-refractivity contribution in [2.75, 3.05) is 19.8 Å². The first kappa shape index (κ1) is 11.9. The van der Waals surface area contributed by atoms with Crippen LogP contribution in [0, 0.1) is 0 Å². The molecule has 3 rings (SSSR count). The Bertz CT molecular complexity index is 587. The van der Waals surface area contributed by atoms with Crippen LogP contribution in [0.1, 0.15) is 10.4 Å². The Morgan fingerprint density at radius 1 is 1.39 bits per heavy atom. The van der Waals surface area contributed by atoms with Gasteiger partial charge in [-0.1, -0.05) is 22.0 Å². The lowest BCUT2D eigenvalue weighted by Gasteiger charge is -2.21. The van der Waals surface area contributed by atoms with Crippen LogP contribution in [0.2, 0.25) is 0 Å². The van der Waals surface area contributed by atoms with Gasteiger partial charge in [0.2, 0.25) is 0 Å². The highest BCUT2D eigenvalue weighted by molar-refractivity contribution is 9.10. The largest absolute Gasteiger partial charge is 0.376 e. The van der Waals surface area contributed by atoms with Crippen molar-refractivity contribution in [2.24, 2.45) is 0 Å². The summed E-state index contributed by atoms with van der Waals surface area (Å²) in [6.07, 6.45) is 1.25. The van der Waals surface area contributed by atoms with Crippen LogP contribution < -0.4 is 0 Å². The van der Waals surface area contributed by atoms with Gasteiger partial charge >= 0.3 is 0 Å². The highest BCUT2D eigenvalue weighted by Crippen LogP contribution is 2.24. The molecule has 1 aliphatic heterocycles. The Morgan fingerprint density at radius 2 is 2.28 bits per heavy atom. The fraction of sp³-hybridized carbons (Fsp3) is 0.308. The molecule has 0 spiro atoms. The van der Waals surface area contributed by atoms with Crippen molar-refractivity contribution in [3.8, 4) is 0 Å². The fourth-order valence-corrected chi connectivity index (χ4v) is 2.48. The second-order valence-corrected chi connectivity index (χ2v) is 5.11. The van der Waals surface area contributed by atoms with Crippen molar-refractivity contribution >= 4 is 32.6 Å². The van der Waals surface area contributed by atoms with Gasteiger partial charge in [-0.3, -0.25) is 4.79 Å². The van der Waals surface area contributed by atoms with E-state index in [4.69, 9.17) is 9.47 Å². The molecular formula is C13H12BrNO3. The Kier molecular flexibility index (Phi) is 3.20. The van der Waals surface area contributed by atoms with Crippen LogP contribution in [-0.2, 0) is 9.47 Å². The Balaban J connectivity index is 1.96. The van der Waals surface area contributed by atoms with Crippen LogP contribution in [0.3, 0.4) is 0 Å². The molecule has 2 aromatic rings. The minimum atomic E-state index is -0.485. The number of hydrogen-bond acceptors (Lipinski definition) is 3. The summed E-state index contributed by atoms with van der Waals surface area (Å²) < 4.78 is 11.7. The summed E-state index contributed by atoms with van der Waals surface area (Å²) in [5.41, 5.74) is 1.59. The number of Topliss-reactive ketones (excluding diaryl/α,β-unsaturated/α-hetero) is 1. The number of halogens is 1. The summed E-state index contributed by atoms with van der Waals surface area (Å²) in [6, 6.07) is 5.79. The number of carbonyl (C=O) groups is 1. The number of fused-ring (bicyclic) bond motifs is 1. The van der Waals surface area contributed by atoms with Crippen molar-refractivity contribution < 1.29 is 14.3 Å². The first-order valence-electron chi connectivity index (χ1n) is 5.76. The average molecular weight is 310 g/mol. The van der Waals surface area contributed by atoms with E-state index in [1.54, 1.807) is 6.20 Å². The number of H-pyrrole nitrogens is 1. The van der Waals surface area contributed by atoms with Gasteiger partial charge in [0.05, 0.1) is 19.8 Å². The summed E-state index contributed by atoms with van der Waals surface area (Å²) in [6.45, 7) is 1.37. The van der Waals surface area contributed by atoms with E-state index in [-0.39, 0.29) is 5.78 Å². The standard InChI is InChI=1S/C13H12BrNO3/c14-8-1-2-9-10(6-15-11(9)5-8)13(16)12-7-17-3-4-18-12/h1-2,5-6,12,15H,3-4,7H2. The predicted molar refractivity (Wildman–Crippen MR) is 70.9 cm³/mol. The molecule has 1 fully saturated rings. The molecule has 1 aromatic heterocycles. The molecule has 0 saturated carbocycles. The Morgan fingerprint density at radius 3 is 3.06 bits per heavy atom. The number of carbonyl (C=O) groups excluding carboxylic acids is 1. The number of ketones is 1. The maximum atomic E-state index is 12.3. The van der Waals surface area contributed by atoms with Gasteiger partial charge in [-0.15, -0.1) is 0 Å². The Hall–Kier alpha value is -1.17. The molecule has 4 nitrogen and oxygen atoms in total. The second kappa shape index (κ2) is 4.84. The predicted octanol–water partition coefficient (Wildman–Crippen LogP) is 2.53. The summed E-state index contributed by atoms with van der Waals surface area (Å²) in [5, 5.41) is 0.914. The van der Waals surface area contributed by atoms with E-state index >= 15 is 0 Å². The molecule has 1 saturated heterocycles. The second-order valence-electron chi connectivity index (χ2n) is 4.19. The smallest absolute Gasteiger partial charge is 0.196 e. The zero-order chi connectivity index (χ0) is 12.5. The lowest BCUT2D eigenvalue weighted by molar-refractivity contribution is -0.0718. The number of rotatable bonds is 2. The molecule has 1 N–H and O–H groups in total. The minimum absolute atomic E-state index is 0.0247. The van der Waals surface area contributed by atoms with E-state index < -0.39 is 6.10 Å². The van der Waals surface area contributed by atoms with Crippen molar-refractivity contribution in [3.63, 3.8) is 0 Å². The third-order valence-corrected chi connectivity index (χ3v) is 3.51. The van der Waals surface area contributed by atoms with Crippen LogP contribution in [0.4, 0.5) is 0 Å². The lowest BCUT2D eigenvalue weighted by Crippen LogP contribution is -2.35. The average Bonchev–Trinajstić information content (AvgIpc) is 2.81. The SMILES string of the molecule is O=C(c1c[nH]c2cc(Br)ccc12)C1COCCO1. The van der Waals surface area contributed by atoms with Crippen LogP contribution in [-0.4, -0.2) is 36.7 Å².